The van der Waals surface area contributed by atoms with E-state index in [1.54, 1.807) is 6.07 Å². The van der Waals surface area contributed by atoms with Crippen LogP contribution in [-0.4, -0.2) is 63.1 Å². The van der Waals surface area contributed by atoms with E-state index in [0.29, 0.717) is 26.2 Å². The van der Waals surface area contributed by atoms with Gasteiger partial charge in [-0.1, -0.05) is 12.1 Å². The largest absolute Gasteiger partial charge is 0.377 e. The predicted molar refractivity (Wildman–Crippen MR) is 85.2 cm³/mol. The minimum absolute atomic E-state index is 0.232. The number of rotatable bonds is 4. The summed E-state index contributed by atoms with van der Waals surface area (Å²) >= 11 is 0. The molecule has 5 nitrogen and oxygen atoms in total. The van der Waals surface area contributed by atoms with Gasteiger partial charge in [0.2, 0.25) is 10.0 Å². The van der Waals surface area contributed by atoms with Gasteiger partial charge in [0.15, 0.2) is 0 Å². The van der Waals surface area contributed by atoms with Crippen LogP contribution in [0.5, 0.6) is 0 Å². The molecule has 0 amide bonds. The number of ether oxygens (including phenoxy) is 1. The lowest BCUT2D eigenvalue weighted by molar-refractivity contribution is -0.0103. The van der Waals surface area contributed by atoms with E-state index in [1.165, 1.54) is 28.9 Å². The third kappa shape index (κ3) is 3.91. The van der Waals surface area contributed by atoms with Crippen molar-refractivity contribution in [1.29, 1.82) is 0 Å². The molecule has 0 radical (unpaired) electrons. The van der Waals surface area contributed by atoms with Crippen molar-refractivity contribution < 1.29 is 17.5 Å². The number of nitrogens with zero attached hydrogens (tertiary/aromatic N) is 2. The maximum Gasteiger partial charge on any atom is 0.246 e. The lowest BCUT2D eigenvalue weighted by Crippen LogP contribution is -2.50. The molecule has 2 fully saturated rings. The summed E-state index contributed by atoms with van der Waals surface area (Å²) in [7, 11) is -3.75. The standard InChI is InChI=1S/C16H23FN2O3S/c17-15-6-1-2-7-16(15)23(20,21)19-10-8-18(9-11-19)13-14-5-3-4-12-22-14/h1-2,6-7,14H,3-5,8-13H2. The fraction of sp³-hybridized carbons (Fsp3) is 0.625. The number of piperazine rings is 1. The first-order valence-electron chi connectivity index (χ1n) is 8.16. The van der Waals surface area contributed by atoms with Crippen molar-refractivity contribution in [3.05, 3.63) is 30.1 Å². The van der Waals surface area contributed by atoms with Crippen molar-refractivity contribution in [2.45, 2.75) is 30.3 Å². The minimum Gasteiger partial charge on any atom is -0.377 e. The van der Waals surface area contributed by atoms with Gasteiger partial charge in [-0.25, -0.2) is 12.8 Å². The SMILES string of the molecule is O=S(=O)(c1ccccc1F)N1CCN(CC2CCCCO2)CC1. The smallest absolute Gasteiger partial charge is 0.246 e. The molecule has 1 unspecified atom stereocenters. The van der Waals surface area contributed by atoms with E-state index in [0.717, 1.165) is 26.0 Å². The van der Waals surface area contributed by atoms with E-state index >= 15 is 0 Å². The van der Waals surface area contributed by atoms with Gasteiger partial charge in [-0.3, -0.25) is 4.90 Å². The van der Waals surface area contributed by atoms with Crippen LogP contribution in [-0.2, 0) is 14.8 Å². The van der Waals surface area contributed by atoms with Crippen LogP contribution in [0, 0.1) is 5.82 Å². The summed E-state index contributed by atoms with van der Waals surface area (Å²) in [5, 5.41) is 0. The average molecular weight is 342 g/mol. The van der Waals surface area contributed by atoms with Crippen LogP contribution >= 0.6 is 0 Å². The summed E-state index contributed by atoms with van der Waals surface area (Å²) in [6.07, 6.45) is 3.67. The molecule has 23 heavy (non-hydrogen) atoms. The highest BCUT2D eigenvalue weighted by Gasteiger charge is 2.31. The van der Waals surface area contributed by atoms with Crippen LogP contribution in [0.1, 0.15) is 19.3 Å². The molecule has 1 atom stereocenters. The Bertz CT molecular complexity index is 624. The van der Waals surface area contributed by atoms with Gasteiger partial charge in [0.05, 0.1) is 6.10 Å². The first-order valence-corrected chi connectivity index (χ1v) is 9.60. The highest BCUT2D eigenvalue weighted by molar-refractivity contribution is 7.89. The fourth-order valence-electron chi connectivity index (χ4n) is 3.18. The second-order valence-electron chi connectivity index (χ2n) is 6.12. The van der Waals surface area contributed by atoms with Crippen molar-refractivity contribution in [3.63, 3.8) is 0 Å². The molecule has 2 heterocycles. The van der Waals surface area contributed by atoms with E-state index in [2.05, 4.69) is 4.90 Å². The van der Waals surface area contributed by atoms with Gasteiger partial charge in [0, 0.05) is 39.3 Å². The number of hydrogen-bond acceptors (Lipinski definition) is 4. The van der Waals surface area contributed by atoms with E-state index in [1.807, 2.05) is 0 Å². The molecule has 2 aliphatic heterocycles. The van der Waals surface area contributed by atoms with Gasteiger partial charge < -0.3 is 4.74 Å². The first-order chi connectivity index (χ1) is 11.1. The van der Waals surface area contributed by atoms with Crippen molar-refractivity contribution in [1.82, 2.24) is 9.21 Å². The monoisotopic (exact) mass is 342 g/mol. The number of sulfonamides is 1. The van der Waals surface area contributed by atoms with Crippen LogP contribution in [0.15, 0.2) is 29.2 Å². The molecule has 2 saturated heterocycles. The van der Waals surface area contributed by atoms with Crippen LogP contribution in [0.4, 0.5) is 4.39 Å². The second kappa shape index (κ2) is 7.25. The first kappa shape index (κ1) is 16.8. The van der Waals surface area contributed by atoms with Crippen LogP contribution in [0.3, 0.4) is 0 Å². The average Bonchev–Trinajstić information content (AvgIpc) is 2.56. The van der Waals surface area contributed by atoms with Crippen LogP contribution in [0.25, 0.3) is 0 Å². The van der Waals surface area contributed by atoms with Gasteiger partial charge in [-0.15, -0.1) is 0 Å². The highest BCUT2D eigenvalue weighted by atomic mass is 32.2. The van der Waals surface area contributed by atoms with Crippen molar-refractivity contribution >= 4 is 10.0 Å². The quantitative estimate of drug-likeness (QED) is 0.836. The molecule has 0 spiro atoms. The molecule has 0 saturated carbocycles. The van der Waals surface area contributed by atoms with Crippen molar-refractivity contribution in [3.8, 4) is 0 Å². The minimum atomic E-state index is -3.75. The molecule has 0 bridgehead atoms. The zero-order chi connectivity index (χ0) is 16.3. The van der Waals surface area contributed by atoms with Gasteiger partial charge in [0.1, 0.15) is 10.7 Å². The maximum absolute atomic E-state index is 13.8. The molecular formula is C16H23FN2O3S. The zero-order valence-corrected chi connectivity index (χ0v) is 14.0. The summed E-state index contributed by atoms with van der Waals surface area (Å²) in [5.74, 6) is -0.689. The highest BCUT2D eigenvalue weighted by Crippen LogP contribution is 2.21. The maximum atomic E-state index is 13.8. The normalized spacial score (nSPS) is 24.7. The number of halogens is 1. The van der Waals surface area contributed by atoms with Crippen molar-refractivity contribution in [2.75, 3.05) is 39.3 Å². The molecule has 128 valence electrons. The van der Waals surface area contributed by atoms with Gasteiger partial charge in [-0.05, 0) is 31.4 Å². The van der Waals surface area contributed by atoms with E-state index in [4.69, 9.17) is 4.74 Å². The summed E-state index contributed by atoms with van der Waals surface area (Å²) in [6.45, 7) is 3.79. The third-order valence-electron chi connectivity index (χ3n) is 4.52. The Morgan fingerprint density at radius 3 is 2.52 bits per heavy atom. The lowest BCUT2D eigenvalue weighted by Gasteiger charge is -2.36. The lowest BCUT2D eigenvalue weighted by atomic mass is 10.1. The second-order valence-corrected chi connectivity index (χ2v) is 8.03. The Labute approximate surface area is 137 Å². The molecule has 3 rings (SSSR count). The molecule has 7 heteroatoms. The van der Waals surface area contributed by atoms with Crippen LogP contribution < -0.4 is 0 Å². The van der Waals surface area contributed by atoms with E-state index in [9.17, 15) is 12.8 Å². The summed E-state index contributed by atoms with van der Waals surface area (Å²) in [6, 6.07) is 5.56. The molecule has 1 aromatic carbocycles. The van der Waals surface area contributed by atoms with E-state index in [-0.39, 0.29) is 11.0 Å². The summed E-state index contributed by atoms with van der Waals surface area (Å²) in [4.78, 5) is 2.01. The predicted octanol–water partition coefficient (Wildman–Crippen LogP) is 1.70. The Balaban J connectivity index is 1.59. The summed E-state index contributed by atoms with van der Waals surface area (Å²) in [5.41, 5.74) is 0. The number of hydrogen-bond donors (Lipinski definition) is 0. The fourth-order valence-corrected chi connectivity index (χ4v) is 4.67. The summed E-state index contributed by atoms with van der Waals surface area (Å²) < 4.78 is 46.0. The third-order valence-corrected chi connectivity index (χ3v) is 6.45. The van der Waals surface area contributed by atoms with Gasteiger partial charge in [-0.2, -0.15) is 4.31 Å². The molecule has 1 aromatic rings. The molecule has 2 aliphatic rings. The molecule has 0 aliphatic carbocycles. The topological polar surface area (TPSA) is 49.9 Å². The Hall–Kier alpha value is -1.02. The Kier molecular flexibility index (Phi) is 5.31. The van der Waals surface area contributed by atoms with Gasteiger partial charge in [0.25, 0.3) is 0 Å². The molecule has 0 N–H and O–H groups in total. The van der Waals surface area contributed by atoms with Crippen LogP contribution in [0.2, 0.25) is 0 Å². The Morgan fingerprint density at radius 1 is 1.13 bits per heavy atom. The molecule has 0 aromatic heterocycles. The Morgan fingerprint density at radius 2 is 1.87 bits per heavy atom. The van der Waals surface area contributed by atoms with E-state index < -0.39 is 15.8 Å². The molecular weight excluding hydrogens is 319 g/mol. The van der Waals surface area contributed by atoms with Crippen molar-refractivity contribution in [2.24, 2.45) is 0 Å². The zero-order valence-electron chi connectivity index (χ0n) is 13.2. The number of benzene rings is 1. The van der Waals surface area contributed by atoms with Gasteiger partial charge >= 0.3 is 0 Å².